The Bertz CT molecular complexity index is 442. The van der Waals surface area contributed by atoms with Gasteiger partial charge in [-0.15, -0.1) is 0 Å². The lowest BCUT2D eigenvalue weighted by atomic mass is 10.1. The van der Waals surface area contributed by atoms with Crippen LogP contribution in [0, 0.1) is 18.3 Å². The Kier molecular flexibility index (Phi) is 5.51. The van der Waals surface area contributed by atoms with Crippen molar-refractivity contribution < 1.29 is 4.79 Å². The minimum atomic E-state index is -0.00760. The van der Waals surface area contributed by atoms with Gasteiger partial charge in [-0.2, -0.15) is 5.26 Å². The molecule has 1 aromatic carbocycles. The SMILES string of the molecule is C=C(CCCC#N)C(=O)Sc1ccc(C)cc1. The molecule has 0 bridgehead atoms. The van der Waals surface area contributed by atoms with Crippen LogP contribution >= 0.6 is 11.8 Å². The second-order valence-electron chi connectivity index (χ2n) is 3.82. The summed E-state index contributed by atoms with van der Waals surface area (Å²) in [5, 5.41) is 8.40. The van der Waals surface area contributed by atoms with Gasteiger partial charge in [-0.1, -0.05) is 24.3 Å². The molecule has 2 nitrogen and oxygen atoms in total. The highest BCUT2D eigenvalue weighted by Gasteiger charge is 2.08. The van der Waals surface area contributed by atoms with Gasteiger partial charge < -0.3 is 0 Å². The lowest BCUT2D eigenvalue weighted by molar-refractivity contribution is -0.108. The maximum atomic E-state index is 11.8. The second kappa shape index (κ2) is 6.93. The first-order chi connectivity index (χ1) is 8.13. The molecule has 0 heterocycles. The first-order valence-corrected chi connectivity index (χ1v) is 6.28. The highest BCUT2D eigenvalue weighted by Crippen LogP contribution is 2.23. The van der Waals surface area contributed by atoms with Gasteiger partial charge >= 0.3 is 0 Å². The molecule has 3 heteroatoms. The number of thioether (sulfide) groups is 1. The van der Waals surface area contributed by atoms with Gasteiger partial charge in [0, 0.05) is 11.3 Å². The van der Waals surface area contributed by atoms with Crippen molar-refractivity contribution in [3.63, 3.8) is 0 Å². The van der Waals surface area contributed by atoms with Crippen LogP contribution in [-0.2, 0) is 4.79 Å². The third-order valence-corrected chi connectivity index (χ3v) is 3.27. The molecule has 0 aliphatic rings. The molecule has 17 heavy (non-hydrogen) atoms. The molecule has 0 radical (unpaired) electrons. The van der Waals surface area contributed by atoms with Crippen LogP contribution < -0.4 is 0 Å². The topological polar surface area (TPSA) is 40.9 Å². The molecule has 0 aliphatic carbocycles. The third-order valence-electron chi connectivity index (χ3n) is 2.29. The van der Waals surface area contributed by atoms with E-state index in [1.165, 1.54) is 17.3 Å². The molecule has 0 atom stereocenters. The van der Waals surface area contributed by atoms with Crippen LogP contribution in [-0.4, -0.2) is 5.12 Å². The number of carbonyl (C=O) groups excluding carboxylic acids is 1. The molecule has 0 amide bonds. The van der Waals surface area contributed by atoms with Gasteiger partial charge in [0.15, 0.2) is 0 Å². The molecular weight excluding hydrogens is 230 g/mol. The zero-order valence-electron chi connectivity index (χ0n) is 9.90. The fourth-order valence-corrected chi connectivity index (χ4v) is 2.00. The highest BCUT2D eigenvalue weighted by molar-refractivity contribution is 8.14. The average molecular weight is 245 g/mol. The standard InChI is InChI=1S/C14H15NOS/c1-11-6-8-13(9-7-11)17-14(16)12(2)5-3-4-10-15/h6-9H,2-5H2,1H3. The van der Waals surface area contributed by atoms with Gasteiger partial charge in [0.2, 0.25) is 5.12 Å². The van der Waals surface area contributed by atoms with E-state index in [4.69, 9.17) is 5.26 Å². The van der Waals surface area contributed by atoms with Crippen molar-refractivity contribution in [3.8, 4) is 6.07 Å². The number of hydrogen-bond donors (Lipinski definition) is 0. The molecule has 0 unspecified atom stereocenters. The van der Waals surface area contributed by atoms with Crippen molar-refractivity contribution >= 4 is 16.9 Å². The number of carbonyl (C=O) groups is 1. The van der Waals surface area contributed by atoms with Crippen LogP contribution in [0.4, 0.5) is 0 Å². The number of aryl methyl sites for hydroxylation is 1. The van der Waals surface area contributed by atoms with Crippen molar-refractivity contribution in [2.75, 3.05) is 0 Å². The summed E-state index contributed by atoms with van der Waals surface area (Å²) in [6, 6.07) is 9.88. The number of hydrogen-bond acceptors (Lipinski definition) is 3. The summed E-state index contributed by atoms with van der Waals surface area (Å²) in [6.07, 6.45) is 1.78. The van der Waals surface area contributed by atoms with Gasteiger partial charge in [-0.05, 0) is 49.2 Å². The Labute approximate surface area is 106 Å². The Morgan fingerprint density at radius 1 is 1.41 bits per heavy atom. The molecule has 0 N–H and O–H groups in total. The van der Waals surface area contributed by atoms with Gasteiger partial charge in [0.1, 0.15) is 0 Å². The Hall–Kier alpha value is -1.53. The highest BCUT2D eigenvalue weighted by atomic mass is 32.2. The van der Waals surface area contributed by atoms with E-state index < -0.39 is 0 Å². The average Bonchev–Trinajstić information content (AvgIpc) is 2.32. The first kappa shape index (κ1) is 13.5. The lowest BCUT2D eigenvalue weighted by Crippen LogP contribution is -1.96. The quantitative estimate of drug-likeness (QED) is 0.449. The largest absolute Gasteiger partial charge is 0.282 e. The second-order valence-corrected chi connectivity index (χ2v) is 4.86. The van der Waals surface area contributed by atoms with Crippen LogP contribution in [0.3, 0.4) is 0 Å². The number of rotatable bonds is 5. The Balaban J connectivity index is 2.46. The van der Waals surface area contributed by atoms with E-state index in [9.17, 15) is 4.79 Å². The smallest absolute Gasteiger partial charge is 0.219 e. The monoisotopic (exact) mass is 245 g/mol. The zero-order valence-corrected chi connectivity index (χ0v) is 10.7. The van der Waals surface area contributed by atoms with E-state index in [2.05, 4.69) is 12.6 Å². The molecule has 0 saturated heterocycles. The van der Waals surface area contributed by atoms with Crippen molar-refractivity contribution in [1.29, 1.82) is 5.26 Å². The van der Waals surface area contributed by atoms with E-state index in [1.54, 1.807) is 0 Å². The van der Waals surface area contributed by atoms with Gasteiger partial charge in [-0.25, -0.2) is 0 Å². The van der Waals surface area contributed by atoms with Crippen molar-refractivity contribution in [2.24, 2.45) is 0 Å². The zero-order chi connectivity index (χ0) is 12.7. The van der Waals surface area contributed by atoms with E-state index in [-0.39, 0.29) is 5.12 Å². The molecule has 88 valence electrons. The molecule has 0 saturated carbocycles. The van der Waals surface area contributed by atoms with Crippen molar-refractivity contribution in [3.05, 3.63) is 42.0 Å². The van der Waals surface area contributed by atoms with Crippen LogP contribution in [0.5, 0.6) is 0 Å². The van der Waals surface area contributed by atoms with Gasteiger partial charge in [-0.3, -0.25) is 4.79 Å². The molecule has 1 aromatic rings. The predicted octanol–water partition coefficient (Wildman–Crippen LogP) is 3.86. The summed E-state index contributed by atoms with van der Waals surface area (Å²) in [5.74, 6) is 0. The Morgan fingerprint density at radius 2 is 2.06 bits per heavy atom. The third kappa shape index (κ3) is 4.88. The number of unbranched alkanes of at least 4 members (excludes halogenated alkanes) is 1. The van der Waals surface area contributed by atoms with Crippen LogP contribution in [0.15, 0.2) is 41.3 Å². The molecule has 0 spiro atoms. The Morgan fingerprint density at radius 3 is 2.65 bits per heavy atom. The summed E-state index contributed by atoms with van der Waals surface area (Å²) in [5.41, 5.74) is 1.76. The number of benzene rings is 1. The summed E-state index contributed by atoms with van der Waals surface area (Å²) in [4.78, 5) is 12.7. The van der Waals surface area contributed by atoms with Crippen LogP contribution in [0.1, 0.15) is 24.8 Å². The van der Waals surface area contributed by atoms with E-state index in [0.29, 0.717) is 24.8 Å². The maximum absolute atomic E-state index is 11.8. The molecule has 0 aromatic heterocycles. The minimum Gasteiger partial charge on any atom is -0.282 e. The fourth-order valence-electron chi connectivity index (χ4n) is 1.27. The molecule has 0 fully saturated rings. The first-order valence-electron chi connectivity index (χ1n) is 5.47. The normalized spacial score (nSPS) is 9.65. The summed E-state index contributed by atoms with van der Waals surface area (Å²) in [6.45, 7) is 5.77. The number of nitrogens with zero attached hydrogens (tertiary/aromatic N) is 1. The maximum Gasteiger partial charge on any atom is 0.219 e. The number of nitriles is 1. The van der Waals surface area contributed by atoms with Gasteiger partial charge in [0.05, 0.1) is 6.07 Å². The fraction of sp³-hybridized carbons (Fsp3) is 0.286. The molecule has 0 aliphatic heterocycles. The van der Waals surface area contributed by atoms with E-state index in [1.807, 2.05) is 31.2 Å². The van der Waals surface area contributed by atoms with E-state index >= 15 is 0 Å². The molecule has 1 rings (SSSR count). The van der Waals surface area contributed by atoms with Crippen LogP contribution in [0.25, 0.3) is 0 Å². The molecular formula is C14H15NOS. The minimum absolute atomic E-state index is 0.00760. The predicted molar refractivity (Wildman–Crippen MR) is 70.6 cm³/mol. The summed E-state index contributed by atoms with van der Waals surface area (Å²) < 4.78 is 0. The summed E-state index contributed by atoms with van der Waals surface area (Å²) >= 11 is 1.20. The van der Waals surface area contributed by atoms with Crippen LogP contribution in [0.2, 0.25) is 0 Å². The lowest BCUT2D eigenvalue weighted by Gasteiger charge is -2.03. The van der Waals surface area contributed by atoms with E-state index in [0.717, 1.165) is 4.90 Å². The van der Waals surface area contributed by atoms with Crippen molar-refractivity contribution in [1.82, 2.24) is 0 Å². The van der Waals surface area contributed by atoms with Gasteiger partial charge in [0.25, 0.3) is 0 Å². The van der Waals surface area contributed by atoms with Crippen molar-refractivity contribution in [2.45, 2.75) is 31.1 Å². The summed E-state index contributed by atoms with van der Waals surface area (Å²) in [7, 11) is 0.